The van der Waals surface area contributed by atoms with Crippen LogP contribution in [0, 0.1) is 11.8 Å². The normalized spacial score (nSPS) is 21.5. The van der Waals surface area contributed by atoms with Crippen molar-refractivity contribution in [2.45, 2.75) is 38.0 Å². The molecule has 3 rings (SSSR count). The summed E-state index contributed by atoms with van der Waals surface area (Å²) in [5.41, 5.74) is 1.16. The number of benzene rings is 1. The zero-order valence-corrected chi connectivity index (χ0v) is 17.3. The van der Waals surface area contributed by atoms with Gasteiger partial charge in [0.15, 0.2) is 0 Å². The number of sulfonamides is 1. The maximum absolute atomic E-state index is 12.9. The molecule has 27 heavy (non-hydrogen) atoms. The van der Waals surface area contributed by atoms with Gasteiger partial charge < -0.3 is 10.2 Å². The minimum absolute atomic E-state index is 0.00232. The summed E-state index contributed by atoms with van der Waals surface area (Å²) in [5, 5.41) is 3.20. The number of rotatable bonds is 6. The smallest absolute Gasteiger partial charge is 0.243 e. The van der Waals surface area contributed by atoms with Crippen LogP contribution >= 0.6 is 0 Å². The molecule has 1 N–H and O–H groups in total. The molecule has 6 nitrogen and oxygen atoms in total. The summed E-state index contributed by atoms with van der Waals surface area (Å²) in [6.07, 6.45) is 1.03. The van der Waals surface area contributed by atoms with Crippen molar-refractivity contribution in [3.8, 4) is 0 Å². The van der Waals surface area contributed by atoms with Crippen LogP contribution in [0.4, 0.5) is 0 Å². The van der Waals surface area contributed by atoms with E-state index in [-0.39, 0.29) is 11.8 Å². The summed E-state index contributed by atoms with van der Waals surface area (Å²) in [6.45, 7) is 9.69. The van der Waals surface area contributed by atoms with E-state index in [1.54, 1.807) is 12.1 Å². The Bertz CT molecular complexity index is 751. The molecule has 1 aromatic rings. The van der Waals surface area contributed by atoms with Gasteiger partial charge in [-0.1, -0.05) is 32.9 Å². The van der Waals surface area contributed by atoms with Gasteiger partial charge in [0.05, 0.1) is 4.90 Å². The number of carbonyl (C=O) groups is 1. The SMILES string of the molecule is CCC(C)c1ccc(S(=O)(=O)N2CCN(C(=O)C(C)C3CNC3)CC2)cc1. The number of carbonyl (C=O) groups excluding carboxylic acids is 1. The van der Waals surface area contributed by atoms with Crippen molar-refractivity contribution in [1.29, 1.82) is 0 Å². The van der Waals surface area contributed by atoms with E-state index in [1.807, 2.05) is 24.0 Å². The Morgan fingerprint density at radius 3 is 2.19 bits per heavy atom. The third-order valence-electron chi connectivity index (χ3n) is 6.16. The van der Waals surface area contributed by atoms with Gasteiger partial charge in [0.25, 0.3) is 0 Å². The minimum Gasteiger partial charge on any atom is -0.340 e. The Balaban J connectivity index is 1.61. The average Bonchev–Trinajstić information content (AvgIpc) is 2.65. The Morgan fingerprint density at radius 1 is 1.11 bits per heavy atom. The molecule has 0 radical (unpaired) electrons. The topological polar surface area (TPSA) is 69.7 Å². The van der Waals surface area contributed by atoms with Gasteiger partial charge in [-0.2, -0.15) is 4.31 Å². The van der Waals surface area contributed by atoms with Crippen LogP contribution in [0.2, 0.25) is 0 Å². The third kappa shape index (κ3) is 4.20. The maximum Gasteiger partial charge on any atom is 0.243 e. The molecule has 1 amide bonds. The second kappa shape index (κ2) is 8.29. The third-order valence-corrected chi connectivity index (χ3v) is 8.07. The number of hydrogen-bond donors (Lipinski definition) is 1. The van der Waals surface area contributed by atoms with Crippen LogP contribution in [-0.4, -0.2) is 62.8 Å². The van der Waals surface area contributed by atoms with Gasteiger partial charge in [-0.05, 0) is 49.0 Å². The van der Waals surface area contributed by atoms with Gasteiger partial charge in [-0.15, -0.1) is 0 Å². The van der Waals surface area contributed by atoms with Gasteiger partial charge in [-0.3, -0.25) is 4.79 Å². The molecular weight excluding hydrogens is 362 g/mol. The van der Waals surface area contributed by atoms with Crippen LogP contribution < -0.4 is 5.32 Å². The summed E-state index contributed by atoms with van der Waals surface area (Å²) in [7, 11) is -3.51. The first kappa shape index (κ1) is 20.3. The van der Waals surface area contributed by atoms with Crippen molar-refractivity contribution in [3.63, 3.8) is 0 Å². The first-order chi connectivity index (χ1) is 12.8. The standard InChI is InChI=1S/C20H31N3O3S/c1-4-15(2)17-5-7-19(8-6-17)27(25,26)23-11-9-22(10-12-23)20(24)16(3)18-13-21-14-18/h5-8,15-16,18,21H,4,9-14H2,1-3H3. The van der Waals surface area contributed by atoms with E-state index >= 15 is 0 Å². The minimum atomic E-state index is -3.51. The van der Waals surface area contributed by atoms with Crippen LogP contribution in [0.3, 0.4) is 0 Å². The Labute approximate surface area is 163 Å². The molecule has 7 heteroatoms. The number of hydrogen-bond acceptors (Lipinski definition) is 4. The number of piperazine rings is 1. The van der Waals surface area contributed by atoms with Gasteiger partial charge in [0, 0.05) is 32.1 Å². The molecule has 2 fully saturated rings. The zero-order chi connectivity index (χ0) is 19.6. The Kier molecular flexibility index (Phi) is 6.23. The van der Waals surface area contributed by atoms with Crippen molar-refractivity contribution in [2.75, 3.05) is 39.3 Å². The predicted octanol–water partition coefficient (Wildman–Crippen LogP) is 1.89. The van der Waals surface area contributed by atoms with Gasteiger partial charge in [0.1, 0.15) is 0 Å². The Hall–Kier alpha value is -1.44. The van der Waals surface area contributed by atoms with E-state index in [1.165, 1.54) is 4.31 Å². The monoisotopic (exact) mass is 393 g/mol. The lowest BCUT2D eigenvalue weighted by molar-refractivity contribution is -0.138. The second-order valence-corrected chi connectivity index (χ2v) is 9.75. The van der Waals surface area contributed by atoms with Crippen molar-refractivity contribution >= 4 is 15.9 Å². The highest BCUT2D eigenvalue weighted by atomic mass is 32.2. The van der Waals surface area contributed by atoms with Crippen molar-refractivity contribution in [1.82, 2.24) is 14.5 Å². The van der Waals surface area contributed by atoms with Gasteiger partial charge >= 0.3 is 0 Å². The fourth-order valence-electron chi connectivity index (χ4n) is 3.66. The van der Waals surface area contributed by atoms with E-state index < -0.39 is 10.0 Å². The van der Waals surface area contributed by atoms with Gasteiger partial charge in [-0.25, -0.2) is 8.42 Å². The molecule has 2 atom stereocenters. The summed E-state index contributed by atoms with van der Waals surface area (Å²) in [4.78, 5) is 14.8. The zero-order valence-electron chi connectivity index (χ0n) is 16.5. The second-order valence-electron chi connectivity index (χ2n) is 7.81. The highest BCUT2D eigenvalue weighted by Crippen LogP contribution is 2.24. The quantitative estimate of drug-likeness (QED) is 0.801. The highest BCUT2D eigenvalue weighted by molar-refractivity contribution is 7.89. The molecule has 150 valence electrons. The van der Waals surface area contributed by atoms with Crippen LogP contribution in [0.15, 0.2) is 29.2 Å². The fraction of sp³-hybridized carbons (Fsp3) is 0.650. The molecule has 2 unspecified atom stereocenters. The summed E-state index contributed by atoms with van der Waals surface area (Å²) >= 11 is 0. The molecule has 0 saturated carbocycles. The van der Waals surface area contributed by atoms with E-state index in [2.05, 4.69) is 19.2 Å². The molecular formula is C20H31N3O3S. The maximum atomic E-state index is 12.9. The van der Waals surface area contributed by atoms with Crippen LogP contribution in [0.5, 0.6) is 0 Å². The van der Waals surface area contributed by atoms with E-state index in [0.29, 0.717) is 42.9 Å². The molecule has 2 heterocycles. The lowest BCUT2D eigenvalue weighted by atomic mass is 9.88. The lowest BCUT2D eigenvalue weighted by Gasteiger charge is -2.38. The fourth-order valence-corrected chi connectivity index (χ4v) is 5.08. The first-order valence-electron chi connectivity index (χ1n) is 9.94. The number of amides is 1. The molecule has 0 aromatic heterocycles. The first-order valence-corrected chi connectivity index (χ1v) is 11.4. The predicted molar refractivity (Wildman–Crippen MR) is 106 cm³/mol. The summed E-state index contributed by atoms with van der Waals surface area (Å²) < 4.78 is 27.4. The molecule has 1 aromatic carbocycles. The van der Waals surface area contributed by atoms with Crippen molar-refractivity contribution in [3.05, 3.63) is 29.8 Å². The highest BCUT2D eigenvalue weighted by Gasteiger charge is 2.35. The van der Waals surface area contributed by atoms with Crippen LogP contribution in [0.25, 0.3) is 0 Å². The summed E-state index contributed by atoms with van der Waals surface area (Å²) in [5.74, 6) is 0.978. The van der Waals surface area contributed by atoms with E-state index in [9.17, 15) is 13.2 Å². The van der Waals surface area contributed by atoms with Crippen molar-refractivity contribution in [2.24, 2.45) is 11.8 Å². The lowest BCUT2D eigenvalue weighted by Crippen LogP contribution is -2.55. The molecule has 0 bridgehead atoms. The number of nitrogens with one attached hydrogen (secondary N) is 1. The van der Waals surface area contributed by atoms with Crippen LogP contribution in [0.1, 0.15) is 38.7 Å². The van der Waals surface area contributed by atoms with E-state index in [4.69, 9.17) is 0 Å². The molecule has 2 saturated heterocycles. The average molecular weight is 394 g/mol. The summed E-state index contributed by atoms with van der Waals surface area (Å²) in [6, 6.07) is 7.24. The number of nitrogens with zero attached hydrogens (tertiary/aromatic N) is 2. The van der Waals surface area contributed by atoms with E-state index in [0.717, 1.165) is 25.1 Å². The molecule has 0 spiro atoms. The molecule has 2 aliphatic rings. The van der Waals surface area contributed by atoms with Crippen molar-refractivity contribution < 1.29 is 13.2 Å². The largest absolute Gasteiger partial charge is 0.340 e. The van der Waals surface area contributed by atoms with Gasteiger partial charge in [0.2, 0.25) is 15.9 Å². The molecule has 2 aliphatic heterocycles. The Morgan fingerprint density at radius 2 is 1.70 bits per heavy atom. The van der Waals surface area contributed by atoms with Crippen LogP contribution in [-0.2, 0) is 14.8 Å². The molecule has 0 aliphatic carbocycles.